The summed E-state index contributed by atoms with van der Waals surface area (Å²) in [7, 11) is 0. The normalized spacial score (nSPS) is 10.4. The van der Waals surface area contributed by atoms with E-state index in [9.17, 15) is 14.7 Å². The fraction of sp³-hybridized carbons (Fsp3) is 0.167. The number of carboxylic acids is 1. The third kappa shape index (κ3) is 3.34. The van der Waals surface area contributed by atoms with Crippen molar-refractivity contribution >= 4 is 18.3 Å². The standard InChI is InChI=1S/C12H12O5/c1-2-17-10-6-8(7-13)5-9(12(10)16)3-4-11(14)15/h3-7,16H,2H2,1H3,(H,14,15). The van der Waals surface area contributed by atoms with Crippen molar-refractivity contribution in [1.82, 2.24) is 0 Å². The van der Waals surface area contributed by atoms with E-state index in [1.807, 2.05) is 0 Å². The summed E-state index contributed by atoms with van der Waals surface area (Å²) in [4.78, 5) is 21.1. The lowest BCUT2D eigenvalue weighted by atomic mass is 10.1. The first-order chi connectivity index (χ1) is 8.08. The molecule has 0 heterocycles. The lowest BCUT2D eigenvalue weighted by Crippen LogP contribution is -1.95. The first-order valence-corrected chi connectivity index (χ1v) is 4.94. The van der Waals surface area contributed by atoms with E-state index in [0.717, 1.165) is 6.08 Å². The van der Waals surface area contributed by atoms with E-state index in [1.165, 1.54) is 18.2 Å². The molecule has 17 heavy (non-hydrogen) atoms. The van der Waals surface area contributed by atoms with E-state index >= 15 is 0 Å². The Morgan fingerprint density at radius 1 is 1.47 bits per heavy atom. The maximum atomic E-state index is 10.7. The minimum absolute atomic E-state index is 0.155. The molecule has 0 aliphatic heterocycles. The quantitative estimate of drug-likeness (QED) is 0.600. The summed E-state index contributed by atoms with van der Waals surface area (Å²) >= 11 is 0. The van der Waals surface area contributed by atoms with Gasteiger partial charge < -0.3 is 14.9 Å². The number of carbonyl (C=O) groups excluding carboxylic acids is 1. The van der Waals surface area contributed by atoms with Gasteiger partial charge in [0, 0.05) is 17.2 Å². The van der Waals surface area contributed by atoms with Gasteiger partial charge >= 0.3 is 5.97 Å². The second-order valence-electron chi connectivity index (χ2n) is 3.18. The van der Waals surface area contributed by atoms with Crippen molar-refractivity contribution < 1.29 is 24.5 Å². The van der Waals surface area contributed by atoms with E-state index in [-0.39, 0.29) is 17.1 Å². The van der Waals surface area contributed by atoms with Crippen molar-refractivity contribution in [1.29, 1.82) is 0 Å². The number of hydrogen-bond acceptors (Lipinski definition) is 4. The van der Waals surface area contributed by atoms with Crippen molar-refractivity contribution in [2.24, 2.45) is 0 Å². The molecule has 0 fully saturated rings. The van der Waals surface area contributed by atoms with E-state index in [2.05, 4.69) is 0 Å². The van der Waals surface area contributed by atoms with E-state index in [1.54, 1.807) is 6.92 Å². The summed E-state index contributed by atoms with van der Waals surface area (Å²) in [5.74, 6) is -1.17. The highest BCUT2D eigenvalue weighted by atomic mass is 16.5. The van der Waals surface area contributed by atoms with Gasteiger partial charge in [-0.3, -0.25) is 4.79 Å². The molecular formula is C12H12O5. The Labute approximate surface area is 98.0 Å². The number of phenols is 1. The van der Waals surface area contributed by atoms with Gasteiger partial charge in [-0.25, -0.2) is 4.79 Å². The molecule has 0 aliphatic rings. The third-order valence-corrected chi connectivity index (χ3v) is 1.97. The van der Waals surface area contributed by atoms with Crippen LogP contribution in [0.4, 0.5) is 0 Å². The van der Waals surface area contributed by atoms with Crippen molar-refractivity contribution in [3.8, 4) is 11.5 Å². The smallest absolute Gasteiger partial charge is 0.328 e. The molecule has 0 saturated carbocycles. The topological polar surface area (TPSA) is 83.8 Å². The summed E-state index contributed by atoms with van der Waals surface area (Å²) in [6.07, 6.45) is 2.67. The van der Waals surface area contributed by atoms with Crippen LogP contribution in [0.25, 0.3) is 6.08 Å². The highest BCUT2D eigenvalue weighted by Crippen LogP contribution is 2.32. The Morgan fingerprint density at radius 2 is 2.18 bits per heavy atom. The van der Waals surface area contributed by atoms with Crippen LogP contribution in [0.1, 0.15) is 22.8 Å². The maximum Gasteiger partial charge on any atom is 0.328 e. The van der Waals surface area contributed by atoms with Crippen molar-refractivity contribution in [2.45, 2.75) is 6.92 Å². The Balaban J connectivity index is 3.22. The third-order valence-electron chi connectivity index (χ3n) is 1.97. The summed E-state index contributed by atoms with van der Waals surface area (Å²) < 4.78 is 5.14. The predicted octanol–water partition coefficient (Wildman–Crippen LogP) is 1.70. The van der Waals surface area contributed by atoms with Gasteiger partial charge in [-0.1, -0.05) is 0 Å². The number of aromatic hydroxyl groups is 1. The minimum Gasteiger partial charge on any atom is -0.504 e. The molecule has 0 saturated heterocycles. The van der Waals surface area contributed by atoms with Gasteiger partial charge in [-0.15, -0.1) is 0 Å². The zero-order valence-corrected chi connectivity index (χ0v) is 9.21. The zero-order valence-electron chi connectivity index (χ0n) is 9.21. The summed E-state index contributed by atoms with van der Waals surface area (Å²) in [5, 5.41) is 18.3. The first kappa shape index (κ1) is 12.8. The van der Waals surface area contributed by atoms with Gasteiger partial charge in [0.15, 0.2) is 11.5 Å². The van der Waals surface area contributed by atoms with E-state index in [0.29, 0.717) is 18.5 Å². The fourth-order valence-corrected chi connectivity index (χ4v) is 1.27. The van der Waals surface area contributed by atoms with Crippen molar-refractivity contribution in [3.05, 3.63) is 29.3 Å². The molecule has 0 spiro atoms. The summed E-state index contributed by atoms with van der Waals surface area (Å²) in [6.45, 7) is 2.07. The molecule has 2 N–H and O–H groups in total. The van der Waals surface area contributed by atoms with Crippen LogP contribution in [-0.4, -0.2) is 29.1 Å². The van der Waals surface area contributed by atoms with Gasteiger partial charge in [0.05, 0.1) is 6.61 Å². The number of ether oxygens (including phenoxy) is 1. The molecule has 90 valence electrons. The fourth-order valence-electron chi connectivity index (χ4n) is 1.27. The van der Waals surface area contributed by atoms with Crippen LogP contribution in [0.5, 0.6) is 11.5 Å². The molecule has 1 aromatic carbocycles. The molecule has 1 rings (SSSR count). The number of benzene rings is 1. The van der Waals surface area contributed by atoms with Crippen LogP contribution < -0.4 is 4.74 Å². The Morgan fingerprint density at radius 3 is 2.71 bits per heavy atom. The number of aldehydes is 1. The molecule has 0 aromatic heterocycles. The Hall–Kier alpha value is -2.30. The Bertz CT molecular complexity index is 462. The van der Waals surface area contributed by atoms with E-state index in [4.69, 9.17) is 9.84 Å². The lowest BCUT2D eigenvalue weighted by molar-refractivity contribution is -0.131. The predicted molar refractivity (Wildman–Crippen MR) is 61.3 cm³/mol. The number of aliphatic carboxylic acids is 1. The molecule has 0 unspecified atom stereocenters. The van der Waals surface area contributed by atoms with Crippen LogP contribution in [0, 0.1) is 0 Å². The molecular weight excluding hydrogens is 224 g/mol. The number of rotatable bonds is 5. The van der Waals surface area contributed by atoms with Crippen LogP contribution >= 0.6 is 0 Å². The average molecular weight is 236 g/mol. The Kier molecular flexibility index (Phi) is 4.28. The van der Waals surface area contributed by atoms with Crippen LogP contribution in [0.2, 0.25) is 0 Å². The second-order valence-corrected chi connectivity index (χ2v) is 3.18. The molecule has 0 radical (unpaired) electrons. The molecule has 0 amide bonds. The van der Waals surface area contributed by atoms with Gasteiger partial charge in [0.25, 0.3) is 0 Å². The molecule has 0 atom stereocenters. The molecule has 0 aliphatic carbocycles. The SMILES string of the molecule is CCOc1cc(C=O)cc(C=CC(=O)O)c1O. The van der Waals surface area contributed by atoms with Gasteiger partial charge in [0.2, 0.25) is 0 Å². The molecule has 0 bridgehead atoms. The number of carboxylic acid groups (broad SMARTS) is 1. The maximum absolute atomic E-state index is 10.7. The number of hydrogen-bond donors (Lipinski definition) is 2. The number of carbonyl (C=O) groups is 2. The number of phenolic OH excluding ortho intramolecular Hbond substituents is 1. The van der Waals surface area contributed by atoms with Crippen LogP contribution in [-0.2, 0) is 4.79 Å². The van der Waals surface area contributed by atoms with Gasteiger partial charge in [-0.2, -0.15) is 0 Å². The van der Waals surface area contributed by atoms with Crippen LogP contribution in [0.15, 0.2) is 18.2 Å². The van der Waals surface area contributed by atoms with E-state index < -0.39 is 5.97 Å². The molecule has 5 heteroatoms. The van der Waals surface area contributed by atoms with Crippen molar-refractivity contribution in [3.63, 3.8) is 0 Å². The highest BCUT2D eigenvalue weighted by molar-refractivity contribution is 5.87. The largest absolute Gasteiger partial charge is 0.504 e. The minimum atomic E-state index is -1.14. The molecule has 5 nitrogen and oxygen atoms in total. The second kappa shape index (κ2) is 5.69. The van der Waals surface area contributed by atoms with Crippen LogP contribution in [0.3, 0.4) is 0 Å². The monoisotopic (exact) mass is 236 g/mol. The van der Waals surface area contributed by atoms with Gasteiger partial charge in [-0.05, 0) is 25.1 Å². The highest BCUT2D eigenvalue weighted by Gasteiger charge is 2.09. The average Bonchev–Trinajstić information content (AvgIpc) is 2.30. The zero-order chi connectivity index (χ0) is 12.8. The van der Waals surface area contributed by atoms with Crippen molar-refractivity contribution in [2.75, 3.05) is 6.61 Å². The lowest BCUT2D eigenvalue weighted by Gasteiger charge is -2.08. The summed E-state index contributed by atoms with van der Waals surface area (Å²) in [6, 6.07) is 2.77. The molecule has 1 aromatic rings. The first-order valence-electron chi connectivity index (χ1n) is 4.94. The summed E-state index contributed by atoms with van der Waals surface area (Å²) in [5.41, 5.74) is 0.525. The van der Waals surface area contributed by atoms with Gasteiger partial charge in [0.1, 0.15) is 6.29 Å².